The third kappa shape index (κ3) is 3.94. The van der Waals surface area contributed by atoms with E-state index in [0.29, 0.717) is 6.42 Å². The van der Waals surface area contributed by atoms with Crippen molar-refractivity contribution in [3.63, 3.8) is 0 Å². The smallest absolute Gasteiger partial charge is 0.244 e. The Morgan fingerprint density at radius 1 is 1.00 bits per heavy atom. The number of rotatable bonds is 4. The van der Waals surface area contributed by atoms with Crippen LogP contribution in [0.1, 0.15) is 27.8 Å². The predicted molar refractivity (Wildman–Crippen MR) is 104 cm³/mol. The van der Waals surface area contributed by atoms with Gasteiger partial charge in [0.05, 0.1) is 12.6 Å². The van der Waals surface area contributed by atoms with Crippen LogP contribution in [0.5, 0.6) is 0 Å². The second kappa shape index (κ2) is 7.31. The van der Waals surface area contributed by atoms with Crippen LogP contribution in [0.3, 0.4) is 0 Å². The Morgan fingerprint density at radius 3 is 2.44 bits per heavy atom. The van der Waals surface area contributed by atoms with Gasteiger partial charge in [0, 0.05) is 5.56 Å². The van der Waals surface area contributed by atoms with Gasteiger partial charge >= 0.3 is 0 Å². The minimum Gasteiger partial charge on any atom is -0.273 e. The summed E-state index contributed by atoms with van der Waals surface area (Å²) in [4.78, 5) is 12.2. The number of aryl methyl sites for hydroxylation is 3. The highest BCUT2D eigenvalue weighted by molar-refractivity contribution is 5.91. The van der Waals surface area contributed by atoms with Gasteiger partial charge in [-0.1, -0.05) is 60.2 Å². The number of nitrogens with zero attached hydrogens (tertiary/aromatic N) is 1. The summed E-state index contributed by atoms with van der Waals surface area (Å²) >= 11 is 0. The van der Waals surface area contributed by atoms with Crippen LogP contribution in [0.25, 0.3) is 10.8 Å². The van der Waals surface area contributed by atoms with Gasteiger partial charge in [-0.2, -0.15) is 5.10 Å². The molecule has 0 aliphatic heterocycles. The van der Waals surface area contributed by atoms with Gasteiger partial charge in [-0.05, 0) is 48.2 Å². The van der Waals surface area contributed by atoms with Gasteiger partial charge in [0.25, 0.3) is 0 Å². The molecule has 3 nitrogen and oxygen atoms in total. The molecule has 0 spiro atoms. The molecule has 0 saturated carbocycles. The van der Waals surface area contributed by atoms with Crippen molar-refractivity contribution in [1.82, 2.24) is 5.43 Å². The third-order valence-electron chi connectivity index (χ3n) is 4.35. The number of carbonyl (C=O) groups excluding carboxylic acids is 1. The Morgan fingerprint density at radius 2 is 1.68 bits per heavy atom. The number of hydrogen-bond donors (Lipinski definition) is 1. The number of hydrazone groups is 1. The van der Waals surface area contributed by atoms with E-state index in [1.165, 1.54) is 5.56 Å². The predicted octanol–water partition coefficient (Wildman–Crippen LogP) is 4.46. The van der Waals surface area contributed by atoms with E-state index < -0.39 is 0 Å². The average Bonchev–Trinajstić information content (AvgIpc) is 2.57. The van der Waals surface area contributed by atoms with Crippen molar-refractivity contribution < 1.29 is 4.79 Å². The van der Waals surface area contributed by atoms with Crippen molar-refractivity contribution in [2.75, 3.05) is 0 Å². The van der Waals surface area contributed by atoms with Crippen LogP contribution in [0.15, 0.2) is 59.7 Å². The third-order valence-corrected chi connectivity index (χ3v) is 4.35. The van der Waals surface area contributed by atoms with Gasteiger partial charge in [-0.15, -0.1) is 0 Å². The fraction of sp³-hybridized carbons (Fsp3) is 0.182. The summed E-state index contributed by atoms with van der Waals surface area (Å²) in [6.45, 7) is 6.19. The van der Waals surface area contributed by atoms with E-state index in [2.05, 4.69) is 55.6 Å². The summed E-state index contributed by atoms with van der Waals surface area (Å²) < 4.78 is 0. The fourth-order valence-electron chi connectivity index (χ4n) is 3.22. The first-order valence-corrected chi connectivity index (χ1v) is 8.41. The molecule has 0 fully saturated rings. The number of fused-ring (bicyclic) bond motifs is 1. The molecule has 3 aromatic carbocycles. The first-order chi connectivity index (χ1) is 12.0. The quantitative estimate of drug-likeness (QED) is 0.557. The molecule has 0 atom stereocenters. The highest BCUT2D eigenvalue weighted by Crippen LogP contribution is 2.19. The first kappa shape index (κ1) is 16.9. The molecule has 0 aromatic heterocycles. The highest BCUT2D eigenvalue weighted by atomic mass is 16.2. The molecule has 0 heterocycles. The number of carbonyl (C=O) groups is 1. The molecule has 126 valence electrons. The van der Waals surface area contributed by atoms with Crippen LogP contribution < -0.4 is 5.43 Å². The fourth-order valence-corrected chi connectivity index (χ4v) is 3.22. The normalized spacial score (nSPS) is 11.2. The molecule has 0 unspecified atom stereocenters. The van der Waals surface area contributed by atoms with Gasteiger partial charge in [-0.25, -0.2) is 5.43 Å². The van der Waals surface area contributed by atoms with Gasteiger partial charge < -0.3 is 0 Å². The Labute approximate surface area is 148 Å². The topological polar surface area (TPSA) is 41.5 Å². The van der Waals surface area contributed by atoms with Crippen LogP contribution in [-0.4, -0.2) is 12.1 Å². The zero-order chi connectivity index (χ0) is 17.8. The van der Waals surface area contributed by atoms with Crippen LogP contribution in [0.4, 0.5) is 0 Å². The number of amides is 1. The SMILES string of the molecule is Cc1cc(C)c(/C=N/NC(=O)Cc2cccc3ccccc23)c(C)c1. The van der Waals surface area contributed by atoms with E-state index in [1.54, 1.807) is 6.21 Å². The number of hydrogen-bond acceptors (Lipinski definition) is 2. The zero-order valence-corrected chi connectivity index (χ0v) is 14.8. The van der Waals surface area contributed by atoms with E-state index in [0.717, 1.165) is 33.0 Å². The molecule has 0 bridgehead atoms. The van der Waals surface area contributed by atoms with Crippen LogP contribution in [-0.2, 0) is 11.2 Å². The Kier molecular flexibility index (Phi) is 4.94. The second-order valence-electron chi connectivity index (χ2n) is 6.42. The molecule has 0 radical (unpaired) electrons. The molecule has 25 heavy (non-hydrogen) atoms. The van der Waals surface area contributed by atoms with Crippen LogP contribution in [0.2, 0.25) is 0 Å². The van der Waals surface area contributed by atoms with Crippen molar-refractivity contribution >= 4 is 22.9 Å². The molecule has 0 aliphatic rings. The maximum Gasteiger partial charge on any atom is 0.244 e. The maximum absolute atomic E-state index is 12.2. The van der Waals surface area contributed by atoms with E-state index in [-0.39, 0.29) is 5.91 Å². The lowest BCUT2D eigenvalue weighted by Crippen LogP contribution is -2.20. The molecule has 0 aliphatic carbocycles. The monoisotopic (exact) mass is 330 g/mol. The minimum atomic E-state index is -0.116. The summed E-state index contributed by atoms with van der Waals surface area (Å²) in [5, 5.41) is 6.39. The Balaban J connectivity index is 1.71. The molecule has 3 rings (SSSR count). The van der Waals surface area contributed by atoms with Crippen molar-refractivity contribution in [1.29, 1.82) is 0 Å². The Bertz CT molecular complexity index is 929. The van der Waals surface area contributed by atoms with Crippen molar-refractivity contribution in [3.05, 3.63) is 82.4 Å². The van der Waals surface area contributed by atoms with Crippen molar-refractivity contribution in [2.24, 2.45) is 5.10 Å². The number of benzene rings is 3. The lowest BCUT2D eigenvalue weighted by molar-refractivity contribution is -0.120. The lowest BCUT2D eigenvalue weighted by atomic mass is 10.0. The average molecular weight is 330 g/mol. The second-order valence-corrected chi connectivity index (χ2v) is 6.42. The molecule has 1 N–H and O–H groups in total. The van der Waals surface area contributed by atoms with Crippen LogP contribution >= 0.6 is 0 Å². The molecule has 1 amide bonds. The Hall–Kier alpha value is -2.94. The van der Waals surface area contributed by atoms with Gasteiger partial charge in [0.15, 0.2) is 0 Å². The van der Waals surface area contributed by atoms with Gasteiger partial charge in [0.2, 0.25) is 5.91 Å². The lowest BCUT2D eigenvalue weighted by Gasteiger charge is -2.07. The zero-order valence-electron chi connectivity index (χ0n) is 14.8. The molecule has 3 aromatic rings. The molecule has 0 saturated heterocycles. The van der Waals surface area contributed by atoms with Crippen molar-refractivity contribution in [2.45, 2.75) is 27.2 Å². The molecule has 3 heteroatoms. The van der Waals surface area contributed by atoms with Crippen LogP contribution in [0, 0.1) is 20.8 Å². The first-order valence-electron chi connectivity index (χ1n) is 8.41. The van der Waals surface area contributed by atoms with E-state index in [9.17, 15) is 4.79 Å². The minimum absolute atomic E-state index is 0.116. The van der Waals surface area contributed by atoms with Gasteiger partial charge in [-0.3, -0.25) is 4.79 Å². The molecular weight excluding hydrogens is 308 g/mol. The van der Waals surface area contributed by atoms with E-state index in [1.807, 2.05) is 30.3 Å². The van der Waals surface area contributed by atoms with Gasteiger partial charge in [0.1, 0.15) is 0 Å². The van der Waals surface area contributed by atoms with E-state index >= 15 is 0 Å². The summed E-state index contributed by atoms with van der Waals surface area (Å²) in [5.41, 5.74) is 8.25. The molecular formula is C22H22N2O. The maximum atomic E-state index is 12.2. The summed E-state index contributed by atoms with van der Waals surface area (Å²) in [7, 11) is 0. The standard InChI is InChI=1S/C22H22N2O/c1-15-11-16(2)21(17(3)12-15)14-23-24-22(25)13-19-9-6-8-18-7-4-5-10-20(18)19/h4-12,14H,13H2,1-3H3,(H,24,25)/b23-14+. The highest BCUT2D eigenvalue weighted by Gasteiger charge is 2.06. The number of nitrogens with one attached hydrogen (secondary N) is 1. The van der Waals surface area contributed by atoms with E-state index in [4.69, 9.17) is 0 Å². The summed E-state index contributed by atoms with van der Waals surface area (Å²) in [5.74, 6) is -0.116. The summed E-state index contributed by atoms with van der Waals surface area (Å²) in [6.07, 6.45) is 2.04. The summed E-state index contributed by atoms with van der Waals surface area (Å²) in [6, 6.07) is 18.3. The largest absolute Gasteiger partial charge is 0.273 e. The van der Waals surface area contributed by atoms with Crippen molar-refractivity contribution in [3.8, 4) is 0 Å².